The monoisotopic (exact) mass is 357 g/mol. The van der Waals surface area contributed by atoms with Crippen LogP contribution in [0.5, 0.6) is 0 Å². The number of rotatable bonds is 4. The summed E-state index contributed by atoms with van der Waals surface area (Å²) in [6.45, 7) is 9.04. The average Bonchev–Trinajstić information content (AvgIpc) is 2.75. The van der Waals surface area contributed by atoms with Crippen molar-refractivity contribution in [3.8, 4) is 0 Å². The van der Waals surface area contributed by atoms with Crippen LogP contribution < -0.4 is 5.32 Å². The van der Waals surface area contributed by atoms with Crippen molar-refractivity contribution in [2.24, 2.45) is 0 Å². The highest BCUT2D eigenvalue weighted by Gasteiger charge is 2.38. The maximum Gasteiger partial charge on any atom is 0.407 e. The van der Waals surface area contributed by atoms with E-state index in [-0.39, 0.29) is 13.0 Å². The summed E-state index contributed by atoms with van der Waals surface area (Å²) in [4.78, 5) is 12.1. The fraction of sp³-hybridized carbons (Fsp3) is 0.611. The molecule has 1 aromatic carbocycles. The van der Waals surface area contributed by atoms with E-state index in [0.29, 0.717) is 5.56 Å². The smallest absolute Gasteiger partial charge is 0.407 e. The second-order valence-electron chi connectivity index (χ2n) is 7.60. The number of ether oxygens (including phenoxy) is 3. The van der Waals surface area contributed by atoms with Gasteiger partial charge < -0.3 is 19.5 Å². The molecule has 5 nitrogen and oxygen atoms in total. The van der Waals surface area contributed by atoms with E-state index in [0.717, 1.165) is 6.07 Å². The number of halogens is 2. The molecule has 1 aromatic rings. The quantitative estimate of drug-likeness (QED) is 0.895. The molecule has 1 N–H and O–H groups in total. The predicted octanol–water partition coefficient (Wildman–Crippen LogP) is 3.55. The van der Waals surface area contributed by atoms with Crippen molar-refractivity contribution in [3.63, 3.8) is 0 Å². The first-order valence-electron chi connectivity index (χ1n) is 8.20. The van der Waals surface area contributed by atoms with E-state index in [1.165, 1.54) is 12.1 Å². The van der Waals surface area contributed by atoms with Gasteiger partial charge in [-0.05, 0) is 58.7 Å². The Balaban J connectivity index is 2.15. The van der Waals surface area contributed by atoms with E-state index in [4.69, 9.17) is 14.2 Å². The fourth-order valence-electron chi connectivity index (χ4n) is 2.63. The number of nitrogens with one attached hydrogen (secondary N) is 1. The Hall–Kier alpha value is -1.73. The number of alkyl carbamates (subject to hydrolysis) is 1. The molecule has 2 rings (SSSR count). The lowest BCUT2D eigenvalue weighted by atomic mass is 10.0. The summed E-state index contributed by atoms with van der Waals surface area (Å²) in [5.74, 6) is -2.13. The maximum absolute atomic E-state index is 13.5. The van der Waals surface area contributed by atoms with Crippen LogP contribution in [0, 0.1) is 11.6 Å². The van der Waals surface area contributed by atoms with Crippen molar-refractivity contribution in [1.82, 2.24) is 5.32 Å². The zero-order valence-electron chi connectivity index (χ0n) is 15.2. The number of carbonyl (C=O) groups excluding carboxylic acids is 1. The minimum atomic E-state index is -0.786. The summed E-state index contributed by atoms with van der Waals surface area (Å²) in [6.07, 6.45) is -0.908. The number of amides is 1. The van der Waals surface area contributed by atoms with Crippen LogP contribution in [0.3, 0.4) is 0 Å². The molecule has 140 valence electrons. The first-order valence-corrected chi connectivity index (χ1v) is 8.20. The van der Waals surface area contributed by atoms with Gasteiger partial charge in [-0.1, -0.05) is 0 Å². The number of hydrogen-bond acceptors (Lipinski definition) is 4. The van der Waals surface area contributed by atoms with Gasteiger partial charge in [0.25, 0.3) is 0 Å². The molecule has 0 aliphatic carbocycles. The fourth-order valence-corrected chi connectivity index (χ4v) is 2.63. The highest BCUT2D eigenvalue weighted by atomic mass is 19.1. The molecule has 2 atom stereocenters. The molecule has 1 fully saturated rings. The second kappa shape index (κ2) is 7.25. The van der Waals surface area contributed by atoms with Gasteiger partial charge >= 0.3 is 6.09 Å². The van der Waals surface area contributed by atoms with Crippen LogP contribution in [0.2, 0.25) is 0 Å². The molecule has 7 heteroatoms. The van der Waals surface area contributed by atoms with Crippen LogP contribution in [0.1, 0.15) is 40.2 Å². The van der Waals surface area contributed by atoms with E-state index >= 15 is 0 Å². The highest BCUT2D eigenvalue weighted by molar-refractivity contribution is 5.68. The standard InChI is InChI=1S/C18H25F2NO4/c1-17(2,3)25-16(22)21-14(15-10-23-18(4,5)24-15)8-11-6-12(19)9-13(20)7-11/h6-7,9,14-15H,8,10H2,1-5H3,(H,21,22)/t14-,15+/m0/s1. The lowest BCUT2D eigenvalue weighted by Gasteiger charge is -2.27. The molecule has 0 aromatic heterocycles. The molecule has 25 heavy (non-hydrogen) atoms. The Morgan fingerprint density at radius 1 is 1.32 bits per heavy atom. The first-order chi connectivity index (χ1) is 11.4. The summed E-state index contributed by atoms with van der Waals surface area (Å²) in [7, 11) is 0. The molecule has 0 bridgehead atoms. The van der Waals surface area contributed by atoms with Crippen LogP contribution in [0.4, 0.5) is 13.6 Å². The molecule has 1 aliphatic heterocycles. The minimum absolute atomic E-state index is 0.179. The van der Waals surface area contributed by atoms with Crippen molar-refractivity contribution in [2.45, 2.75) is 64.6 Å². The molecule has 1 amide bonds. The molecular formula is C18H25F2NO4. The van der Waals surface area contributed by atoms with E-state index in [9.17, 15) is 13.6 Å². The van der Waals surface area contributed by atoms with Gasteiger partial charge in [0, 0.05) is 6.07 Å². The van der Waals surface area contributed by atoms with E-state index in [2.05, 4.69) is 5.32 Å². The van der Waals surface area contributed by atoms with Gasteiger partial charge in [0.15, 0.2) is 5.79 Å². The minimum Gasteiger partial charge on any atom is -0.444 e. The summed E-state index contributed by atoms with van der Waals surface area (Å²) in [5.41, 5.74) is -0.252. The van der Waals surface area contributed by atoms with Gasteiger partial charge in [0.1, 0.15) is 23.3 Å². The van der Waals surface area contributed by atoms with E-state index in [1.807, 2.05) is 0 Å². The molecule has 0 spiro atoms. The summed E-state index contributed by atoms with van der Waals surface area (Å²) in [5, 5.41) is 2.73. The van der Waals surface area contributed by atoms with Gasteiger partial charge in [-0.3, -0.25) is 0 Å². The molecule has 1 saturated heterocycles. The lowest BCUT2D eigenvalue weighted by molar-refractivity contribution is -0.141. The maximum atomic E-state index is 13.5. The summed E-state index contributed by atoms with van der Waals surface area (Å²) < 4.78 is 43.5. The zero-order chi connectivity index (χ0) is 18.8. The van der Waals surface area contributed by atoms with Crippen LogP contribution in [0.15, 0.2) is 18.2 Å². The summed E-state index contributed by atoms with van der Waals surface area (Å²) in [6, 6.07) is 2.71. The molecule has 0 unspecified atom stereocenters. The Labute approximate surface area is 146 Å². The Morgan fingerprint density at radius 2 is 1.92 bits per heavy atom. The van der Waals surface area contributed by atoms with Crippen molar-refractivity contribution in [2.75, 3.05) is 6.61 Å². The Kier molecular flexibility index (Phi) is 5.68. The Morgan fingerprint density at radius 3 is 2.40 bits per heavy atom. The van der Waals surface area contributed by atoms with Gasteiger partial charge in [-0.2, -0.15) is 0 Å². The predicted molar refractivity (Wildman–Crippen MR) is 88.1 cm³/mol. The molecule has 0 saturated carbocycles. The summed E-state index contributed by atoms with van der Waals surface area (Å²) >= 11 is 0. The SMILES string of the molecule is CC(C)(C)OC(=O)N[C@@H](Cc1cc(F)cc(F)c1)[C@H]1COC(C)(C)O1. The van der Waals surface area contributed by atoms with Crippen LogP contribution >= 0.6 is 0 Å². The molecule has 0 radical (unpaired) electrons. The van der Waals surface area contributed by atoms with Gasteiger partial charge in [0.2, 0.25) is 0 Å². The number of benzene rings is 1. The topological polar surface area (TPSA) is 56.8 Å². The van der Waals surface area contributed by atoms with Crippen LogP contribution in [0.25, 0.3) is 0 Å². The second-order valence-corrected chi connectivity index (χ2v) is 7.60. The highest BCUT2D eigenvalue weighted by Crippen LogP contribution is 2.26. The van der Waals surface area contributed by atoms with Gasteiger partial charge in [-0.25, -0.2) is 13.6 Å². The van der Waals surface area contributed by atoms with Crippen LogP contribution in [-0.2, 0) is 20.6 Å². The van der Waals surface area contributed by atoms with E-state index in [1.54, 1.807) is 34.6 Å². The zero-order valence-corrected chi connectivity index (χ0v) is 15.2. The lowest BCUT2D eigenvalue weighted by Crippen LogP contribution is -2.48. The third-order valence-corrected chi connectivity index (χ3v) is 3.56. The van der Waals surface area contributed by atoms with Crippen molar-refractivity contribution >= 4 is 6.09 Å². The molecular weight excluding hydrogens is 332 g/mol. The van der Waals surface area contributed by atoms with Crippen molar-refractivity contribution in [1.29, 1.82) is 0 Å². The third kappa shape index (κ3) is 6.25. The van der Waals surface area contributed by atoms with Crippen molar-refractivity contribution in [3.05, 3.63) is 35.4 Å². The molecule has 1 heterocycles. The Bertz CT molecular complexity index is 608. The first kappa shape index (κ1) is 19.6. The number of hydrogen-bond donors (Lipinski definition) is 1. The number of carbonyl (C=O) groups is 1. The van der Waals surface area contributed by atoms with Gasteiger partial charge in [-0.15, -0.1) is 0 Å². The average molecular weight is 357 g/mol. The normalized spacial score (nSPS) is 21.0. The largest absolute Gasteiger partial charge is 0.444 e. The molecule has 1 aliphatic rings. The van der Waals surface area contributed by atoms with E-state index < -0.39 is 41.3 Å². The van der Waals surface area contributed by atoms with Crippen LogP contribution in [-0.4, -0.2) is 36.2 Å². The van der Waals surface area contributed by atoms with Crippen molar-refractivity contribution < 1.29 is 27.8 Å². The third-order valence-electron chi connectivity index (χ3n) is 3.56. The van der Waals surface area contributed by atoms with Gasteiger partial charge in [0.05, 0.1) is 12.6 Å².